The Balaban J connectivity index is 1.69. The van der Waals surface area contributed by atoms with Crippen molar-refractivity contribution in [3.05, 3.63) is 22.4 Å². The number of carbonyl (C=O) groups excluding carboxylic acids is 1. The lowest BCUT2D eigenvalue weighted by Gasteiger charge is -2.12. The number of carbonyl (C=O) groups is 1. The van der Waals surface area contributed by atoms with Crippen molar-refractivity contribution in [2.24, 2.45) is 11.7 Å². The van der Waals surface area contributed by atoms with Gasteiger partial charge >= 0.3 is 0 Å². The molecule has 2 heterocycles. The molecule has 1 saturated heterocycles. The van der Waals surface area contributed by atoms with Crippen molar-refractivity contribution in [2.45, 2.75) is 18.9 Å². The fourth-order valence-electron chi connectivity index (χ4n) is 1.92. The summed E-state index contributed by atoms with van der Waals surface area (Å²) in [6, 6.07) is 3.26. The highest BCUT2D eigenvalue weighted by Crippen LogP contribution is 2.17. The molecule has 0 spiro atoms. The number of nitrogens with one attached hydrogen (secondary N) is 1. The first-order valence-electron chi connectivity index (χ1n) is 5.92. The number of ether oxygens (including phenoxy) is 1. The maximum Gasteiger partial charge on any atom is 0.242 e. The molecule has 94 valence electrons. The second-order valence-electron chi connectivity index (χ2n) is 4.30. The summed E-state index contributed by atoms with van der Waals surface area (Å²) in [5.41, 5.74) is 5.85. The largest absolute Gasteiger partial charge is 0.381 e. The molecule has 0 aliphatic carbocycles. The van der Waals surface area contributed by atoms with Gasteiger partial charge in [0.1, 0.15) is 6.04 Å². The molecule has 0 bridgehead atoms. The van der Waals surface area contributed by atoms with Gasteiger partial charge in [0.15, 0.2) is 0 Å². The minimum atomic E-state index is -0.533. The maximum absolute atomic E-state index is 11.8. The molecule has 1 aromatic heterocycles. The molecule has 3 N–H and O–H groups in total. The molecule has 0 saturated carbocycles. The zero-order valence-electron chi connectivity index (χ0n) is 9.72. The molecule has 2 atom stereocenters. The second kappa shape index (κ2) is 6.14. The Morgan fingerprint density at radius 2 is 2.59 bits per heavy atom. The monoisotopic (exact) mass is 254 g/mol. The van der Waals surface area contributed by atoms with E-state index < -0.39 is 6.04 Å². The van der Waals surface area contributed by atoms with Crippen molar-refractivity contribution >= 4 is 17.2 Å². The topological polar surface area (TPSA) is 64.4 Å². The number of nitrogens with two attached hydrogens (primary N) is 1. The highest BCUT2D eigenvalue weighted by Gasteiger charge is 2.18. The summed E-state index contributed by atoms with van der Waals surface area (Å²) in [5.74, 6) is 0.500. The number of hydrogen-bond acceptors (Lipinski definition) is 4. The highest BCUT2D eigenvalue weighted by molar-refractivity contribution is 7.10. The van der Waals surface area contributed by atoms with Gasteiger partial charge in [0.2, 0.25) is 5.91 Å². The van der Waals surface area contributed by atoms with Crippen LogP contribution in [-0.2, 0) is 9.53 Å². The Morgan fingerprint density at radius 1 is 1.71 bits per heavy atom. The minimum absolute atomic E-state index is 0.0913. The fourth-order valence-corrected chi connectivity index (χ4v) is 2.64. The first-order chi connectivity index (χ1) is 8.27. The molecular formula is C12H18N2O2S. The van der Waals surface area contributed by atoms with Crippen LogP contribution in [0.5, 0.6) is 0 Å². The first-order valence-corrected chi connectivity index (χ1v) is 6.80. The van der Waals surface area contributed by atoms with Crippen molar-refractivity contribution in [2.75, 3.05) is 19.8 Å². The predicted octanol–water partition coefficient (Wildman–Crippen LogP) is 1.29. The lowest BCUT2D eigenvalue weighted by molar-refractivity contribution is -0.122. The summed E-state index contributed by atoms with van der Waals surface area (Å²) in [5, 5.41) is 4.81. The van der Waals surface area contributed by atoms with E-state index in [2.05, 4.69) is 5.32 Å². The van der Waals surface area contributed by atoms with E-state index in [4.69, 9.17) is 10.5 Å². The van der Waals surface area contributed by atoms with Crippen molar-refractivity contribution in [3.8, 4) is 0 Å². The maximum atomic E-state index is 11.8. The van der Waals surface area contributed by atoms with E-state index in [1.54, 1.807) is 0 Å². The average molecular weight is 254 g/mol. The SMILES string of the molecule is NC(C(=O)NCCC1CCOC1)c1cccs1. The van der Waals surface area contributed by atoms with Crippen molar-refractivity contribution in [3.63, 3.8) is 0 Å². The Bertz CT molecular complexity index is 347. The van der Waals surface area contributed by atoms with Crippen LogP contribution in [0.15, 0.2) is 17.5 Å². The number of rotatable bonds is 5. The van der Waals surface area contributed by atoms with Gasteiger partial charge in [-0.1, -0.05) is 6.07 Å². The van der Waals surface area contributed by atoms with Crippen LogP contribution in [0, 0.1) is 5.92 Å². The molecule has 4 nitrogen and oxygen atoms in total. The van der Waals surface area contributed by atoms with Gasteiger partial charge in [-0.3, -0.25) is 4.79 Å². The smallest absolute Gasteiger partial charge is 0.242 e. The third-order valence-electron chi connectivity index (χ3n) is 3.01. The van der Waals surface area contributed by atoms with Gasteiger partial charge in [0.05, 0.1) is 0 Å². The highest BCUT2D eigenvalue weighted by atomic mass is 32.1. The van der Waals surface area contributed by atoms with Gasteiger partial charge < -0.3 is 15.8 Å². The number of amides is 1. The van der Waals surface area contributed by atoms with Crippen LogP contribution in [0.2, 0.25) is 0 Å². The normalized spacial score (nSPS) is 21.4. The summed E-state index contributed by atoms with van der Waals surface area (Å²) in [6.07, 6.45) is 2.08. The molecule has 1 aliphatic rings. The van der Waals surface area contributed by atoms with Gasteiger partial charge in [0, 0.05) is 24.6 Å². The molecule has 2 rings (SSSR count). The van der Waals surface area contributed by atoms with E-state index in [0.29, 0.717) is 12.5 Å². The third-order valence-corrected chi connectivity index (χ3v) is 3.96. The van der Waals surface area contributed by atoms with E-state index >= 15 is 0 Å². The summed E-state index contributed by atoms with van der Waals surface area (Å²) >= 11 is 1.51. The quantitative estimate of drug-likeness (QED) is 0.832. The van der Waals surface area contributed by atoms with Gasteiger partial charge in [-0.25, -0.2) is 0 Å². The third kappa shape index (κ3) is 3.52. The average Bonchev–Trinajstić information content (AvgIpc) is 3.00. The Morgan fingerprint density at radius 3 is 3.24 bits per heavy atom. The van der Waals surface area contributed by atoms with Crippen molar-refractivity contribution in [1.82, 2.24) is 5.32 Å². The fraction of sp³-hybridized carbons (Fsp3) is 0.583. The van der Waals surface area contributed by atoms with E-state index in [1.807, 2.05) is 17.5 Å². The van der Waals surface area contributed by atoms with E-state index in [1.165, 1.54) is 11.3 Å². The van der Waals surface area contributed by atoms with Crippen molar-refractivity contribution in [1.29, 1.82) is 0 Å². The predicted molar refractivity (Wildman–Crippen MR) is 67.8 cm³/mol. The second-order valence-corrected chi connectivity index (χ2v) is 5.28. The zero-order chi connectivity index (χ0) is 12.1. The van der Waals surface area contributed by atoms with E-state index in [9.17, 15) is 4.79 Å². The lowest BCUT2D eigenvalue weighted by Crippen LogP contribution is -2.34. The Kier molecular flexibility index (Phi) is 4.53. The molecule has 1 aromatic rings. The molecule has 0 radical (unpaired) electrons. The molecule has 17 heavy (non-hydrogen) atoms. The minimum Gasteiger partial charge on any atom is -0.381 e. The molecule has 1 aliphatic heterocycles. The van der Waals surface area contributed by atoms with Crippen LogP contribution >= 0.6 is 11.3 Å². The molecular weight excluding hydrogens is 236 g/mol. The van der Waals surface area contributed by atoms with Crippen LogP contribution in [0.1, 0.15) is 23.8 Å². The van der Waals surface area contributed by atoms with Gasteiger partial charge in [-0.05, 0) is 30.2 Å². The summed E-state index contributed by atoms with van der Waals surface area (Å²) in [4.78, 5) is 12.7. The zero-order valence-corrected chi connectivity index (χ0v) is 10.5. The lowest BCUT2D eigenvalue weighted by atomic mass is 10.1. The van der Waals surface area contributed by atoms with Crippen molar-refractivity contribution < 1.29 is 9.53 Å². The molecule has 1 fully saturated rings. The standard InChI is InChI=1S/C12H18N2O2S/c13-11(10-2-1-7-17-10)12(15)14-5-3-9-4-6-16-8-9/h1-2,7,9,11H,3-6,8,13H2,(H,14,15). The molecule has 2 unspecified atom stereocenters. The molecule has 1 amide bonds. The van der Waals surface area contributed by atoms with Gasteiger partial charge in [-0.2, -0.15) is 0 Å². The molecule has 0 aromatic carbocycles. The summed E-state index contributed by atoms with van der Waals surface area (Å²) in [6.45, 7) is 2.37. The van der Waals surface area contributed by atoms with Crippen LogP contribution in [0.3, 0.4) is 0 Å². The van der Waals surface area contributed by atoms with Crippen LogP contribution in [0.4, 0.5) is 0 Å². The van der Waals surface area contributed by atoms with E-state index in [0.717, 1.165) is 30.9 Å². The summed E-state index contributed by atoms with van der Waals surface area (Å²) in [7, 11) is 0. The Labute approximate surface area is 105 Å². The first kappa shape index (κ1) is 12.5. The van der Waals surface area contributed by atoms with E-state index in [-0.39, 0.29) is 5.91 Å². The van der Waals surface area contributed by atoms with Crippen LogP contribution in [0.25, 0.3) is 0 Å². The Hall–Kier alpha value is -0.910. The summed E-state index contributed by atoms with van der Waals surface area (Å²) < 4.78 is 5.29. The van der Waals surface area contributed by atoms with Gasteiger partial charge in [0.25, 0.3) is 0 Å². The van der Waals surface area contributed by atoms with Crippen LogP contribution < -0.4 is 11.1 Å². The molecule has 5 heteroatoms. The van der Waals surface area contributed by atoms with Gasteiger partial charge in [-0.15, -0.1) is 11.3 Å². The van der Waals surface area contributed by atoms with Crippen LogP contribution in [-0.4, -0.2) is 25.7 Å². The number of thiophene rings is 1. The number of hydrogen-bond donors (Lipinski definition) is 2.